The number of carbonyl (C=O) groups is 1. The molecule has 0 bridgehead atoms. The van der Waals surface area contributed by atoms with E-state index < -0.39 is 22.5 Å². The number of rotatable bonds is 5. The predicted molar refractivity (Wildman–Crippen MR) is 86.4 cm³/mol. The molecule has 2 N–H and O–H groups in total. The number of amides is 1. The lowest BCUT2D eigenvalue weighted by atomic mass is 10.2. The summed E-state index contributed by atoms with van der Waals surface area (Å²) in [5.41, 5.74) is 6.35. The van der Waals surface area contributed by atoms with Crippen LogP contribution in [0.4, 0.5) is 5.69 Å². The summed E-state index contributed by atoms with van der Waals surface area (Å²) in [5, 5.41) is 0.427. The Balaban J connectivity index is 2.56. The van der Waals surface area contributed by atoms with Gasteiger partial charge in [0.1, 0.15) is 6.54 Å². The highest BCUT2D eigenvalue weighted by atomic mass is 35.5. The molecule has 0 radical (unpaired) electrons. The quantitative estimate of drug-likeness (QED) is 0.908. The van der Waals surface area contributed by atoms with Gasteiger partial charge in [-0.05, 0) is 42.8 Å². The maximum Gasteiger partial charge on any atom is 0.264 e. The number of hydrogen-bond donors (Lipinski definition) is 1. The van der Waals surface area contributed by atoms with E-state index in [0.717, 1.165) is 9.87 Å². The minimum absolute atomic E-state index is 0.0430. The van der Waals surface area contributed by atoms with Crippen LogP contribution in [-0.4, -0.2) is 20.9 Å². The van der Waals surface area contributed by atoms with Crippen LogP contribution in [0.15, 0.2) is 53.4 Å². The second-order valence-electron chi connectivity index (χ2n) is 4.72. The first-order valence-electron chi connectivity index (χ1n) is 6.44. The second kappa shape index (κ2) is 6.37. The van der Waals surface area contributed by atoms with E-state index in [-0.39, 0.29) is 4.90 Å². The van der Waals surface area contributed by atoms with Gasteiger partial charge in [0.15, 0.2) is 0 Å². The van der Waals surface area contributed by atoms with Crippen molar-refractivity contribution in [2.45, 2.75) is 11.8 Å². The highest BCUT2D eigenvalue weighted by Crippen LogP contribution is 2.27. The highest BCUT2D eigenvalue weighted by Gasteiger charge is 2.27. The first-order chi connectivity index (χ1) is 10.3. The molecule has 1 amide bonds. The zero-order chi connectivity index (χ0) is 16.3. The SMILES string of the molecule is Cc1ccccc1N(CC(N)=O)S(=O)(=O)c1ccc(Cl)cc1. The molecule has 0 spiro atoms. The van der Waals surface area contributed by atoms with Crippen molar-refractivity contribution in [1.82, 2.24) is 0 Å². The van der Waals surface area contributed by atoms with Crippen LogP contribution in [0.25, 0.3) is 0 Å². The standard InChI is InChI=1S/C15H15ClN2O3S/c1-11-4-2-3-5-14(11)18(10-15(17)19)22(20,21)13-8-6-12(16)7-9-13/h2-9H,10H2,1H3,(H2,17,19). The van der Waals surface area contributed by atoms with E-state index in [4.69, 9.17) is 17.3 Å². The Hall–Kier alpha value is -2.05. The van der Waals surface area contributed by atoms with Gasteiger partial charge in [0, 0.05) is 5.02 Å². The molecule has 2 aromatic rings. The molecule has 22 heavy (non-hydrogen) atoms. The van der Waals surface area contributed by atoms with Crippen LogP contribution in [0.2, 0.25) is 5.02 Å². The average molecular weight is 339 g/mol. The Morgan fingerprint density at radius 1 is 1.14 bits per heavy atom. The van der Waals surface area contributed by atoms with E-state index in [2.05, 4.69) is 0 Å². The molecule has 0 aliphatic heterocycles. The van der Waals surface area contributed by atoms with Gasteiger partial charge in [-0.15, -0.1) is 0 Å². The van der Waals surface area contributed by atoms with Gasteiger partial charge in [0.05, 0.1) is 10.6 Å². The molecule has 0 atom stereocenters. The largest absolute Gasteiger partial charge is 0.368 e. The number of carbonyl (C=O) groups excluding carboxylic acids is 1. The van der Waals surface area contributed by atoms with Crippen LogP contribution in [-0.2, 0) is 14.8 Å². The van der Waals surface area contributed by atoms with Crippen molar-refractivity contribution < 1.29 is 13.2 Å². The molecular weight excluding hydrogens is 324 g/mol. The maximum absolute atomic E-state index is 12.8. The monoisotopic (exact) mass is 338 g/mol. The van der Waals surface area contributed by atoms with Gasteiger partial charge in [-0.25, -0.2) is 8.42 Å². The predicted octanol–water partition coefficient (Wildman–Crippen LogP) is 2.33. The molecule has 116 valence electrons. The van der Waals surface area contributed by atoms with Crippen molar-refractivity contribution in [2.24, 2.45) is 5.73 Å². The summed E-state index contributed by atoms with van der Waals surface area (Å²) in [6.07, 6.45) is 0. The van der Waals surface area contributed by atoms with Crippen LogP contribution in [0.5, 0.6) is 0 Å². The van der Waals surface area contributed by atoms with Gasteiger partial charge < -0.3 is 5.73 Å². The molecule has 0 heterocycles. The molecule has 0 saturated heterocycles. The molecule has 2 rings (SSSR count). The van der Waals surface area contributed by atoms with Crippen molar-refractivity contribution in [3.05, 3.63) is 59.1 Å². The Bertz CT molecular complexity index is 789. The van der Waals surface area contributed by atoms with Crippen molar-refractivity contribution >= 4 is 33.2 Å². The number of hydrogen-bond acceptors (Lipinski definition) is 3. The summed E-state index contributed by atoms with van der Waals surface area (Å²) in [5.74, 6) is -0.735. The fourth-order valence-corrected chi connectivity index (χ4v) is 3.64. The Morgan fingerprint density at radius 2 is 1.73 bits per heavy atom. The number of sulfonamides is 1. The van der Waals surface area contributed by atoms with Crippen LogP contribution >= 0.6 is 11.6 Å². The minimum atomic E-state index is -3.91. The molecule has 0 aliphatic carbocycles. The smallest absolute Gasteiger partial charge is 0.264 e. The fourth-order valence-electron chi connectivity index (χ4n) is 2.02. The van der Waals surface area contributed by atoms with Gasteiger partial charge >= 0.3 is 0 Å². The number of halogens is 1. The first kappa shape index (κ1) is 16.3. The molecule has 0 unspecified atom stereocenters. The second-order valence-corrected chi connectivity index (χ2v) is 7.02. The summed E-state index contributed by atoms with van der Waals surface area (Å²) in [4.78, 5) is 11.4. The van der Waals surface area contributed by atoms with E-state index in [1.807, 2.05) is 0 Å². The maximum atomic E-state index is 12.8. The van der Waals surface area contributed by atoms with Crippen molar-refractivity contribution in [1.29, 1.82) is 0 Å². The number of aryl methyl sites for hydroxylation is 1. The molecule has 0 aliphatic rings. The first-order valence-corrected chi connectivity index (χ1v) is 8.26. The van der Waals surface area contributed by atoms with Crippen molar-refractivity contribution in [2.75, 3.05) is 10.8 Å². The molecule has 0 fully saturated rings. The minimum Gasteiger partial charge on any atom is -0.368 e. The number of nitrogens with zero attached hydrogens (tertiary/aromatic N) is 1. The fraction of sp³-hybridized carbons (Fsp3) is 0.133. The number of para-hydroxylation sites is 1. The summed E-state index contributed by atoms with van der Waals surface area (Å²) < 4.78 is 26.6. The lowest BCUT2D eigenvalue weighted by molar-refractivity contribution is -0.116. The number of nitrogens with two attached hydrogens (primary N) is 1. The molecule has 0 aromatic heterocycles. The molecule has 7 heteroatoms. The zero-order valence-electron chi connectivity index (χ0n) is 11.9. The van der Waals surface area contributed by atoms with Gasteiger partial charge in [-0.1, -0.05) is 29.8 Å². The van der Waals surface area contributed by atoms with Gasteiger partial charge in [0.25, 0.3) is 10.0 Å². The molecule has 5 nitrogen and oxygen atoms in total. The summed E-state index contributed by atoms with van der Waals surface area (Å²) in [6.45, 7) is 1.33. The van der Waals surface area contributed by atoms with Gasteiger partial charge in [-0.2, -0.15) is 0 Å². The number of benzene rings is 2. The molecule has 0 saturated carbocycles. The average Bonchev–Trinajstić information content (AvgIpc) is 2.46. The number of primary amides is 1. The number of anilines is 1. The molecular formula is C15H15ClN2O3S. The summed E-state index contributed by atoms with van der Waals surface area (Å²) in [6, 6.07) is 12.6. The van der Waals surface area contributed by atoms with E-state index >= 15 is 0 Å². The van der Waals surface area contributed by atoms with Crippen molar-refractivity contribution in [3.63, 3.8) is 0 Å². The summed E-state index contributed by atoms with van der Waals surface area (Å²) >= 11 is 5.79. The van der Waals surface area contributed by atoms with E-state index in [9.17, 15) is 13.2 Å². The van der Waals surface area contributed by atoms with Crippen molar-refractivity contribution in [3.8, 4) is 0 Å². The normalized spacial score (nSPS) is 11.2. The Labute approximate surface area is 134 Å². The van der Waals surface area contributed by atoms with Gasteiger partial charge in [0.2, 0.25) is 5.91 Å². The molecule has 2 aromatic carbocycles. The van der Waals surface area contributed by atoms with Crippen LogP contribution in [0.1, 0.15) is 5.56 Å². The Morgan fingerprint density at radius 3 is 2.27 bits per heavy atom. The van der Waals surface area contributed by atoms with E-state index in [1.165, 1.54) is 24.3 Å². The van der Waals surface area contributed by atoms with Crippen LogP contribution < -0.4 is 10.0 Å². The van der Waals surface area contributed by atoms with E-state index in [0.29, 0.717) is 10.7 Å². The third kappa shape index (κ3) is 3.40. The Kier molecular flexibility index (Phi) is 4.73. The lowest BCUT2D eigenvalue weighted by Gasteiger charge is -2.24. The summed E-state index contributed by atoms with van der Waals surface area (Å²) in [7, 11) is -3.91. The highest BCUT2D eigenvalue weighted by molar-refractivity contribution is 7.92. The van der Waals surface area contributed by atoms with E-state index in [1.54, 1.807) is 31.2 Å². The lowest BCUT2D eigenvalue weighted by Crippen LogP contribution is -2.38. The topological polar surface area (TPSA) is 80.5 Å². The van der Waals surface area contributed by atoms with Gasteiger partial charge in [-0.3, -0.25) is 9.10 Å². The van der Waals surface area contributed by atoms with Crippen LogP contribution in [0, 0.1) is 6.92 Å². The third-order valence-electron chi connectivity index (χ3n) is 3.09. The zero-order valence-corrected chi connectivity index (χ0v) is 13.4. The third-order valence-corrected chi connectivity index (χ3v) is 5.11. The van der Waals surface area contributed by atoms with Crippen LogP contribution in [0.3, 0.4) is 0 Å².